The number of aromatic nitrogens is 1. The van der Waals surface area contributed by atoms with E-state index in [1.54, 1.807) is 0 Å². The minimum absolute atomic E-state index is 1.21. The van der Waals surface area contributed by atoms with Crippen LogP contribution in [0.15, 0.2) is 73.1 Å². The lowest BCUT2D eigenvalue weighted by molar-refractivity contribution is -0.511. The second-order valence-corrected chi connectivity index (χ2v) is 3.82. The van der Waals surface area contributed by atoms with Gasteiger partial charge in [0.25, 0.3) is 0 Å². The van der Waals surface area contributed by atoms with Crippen molar-refractivity contribution >= 4 is 5.52 Å². The minimum Gasteiger partial charge on any atom is -0.167 e. The van der Waals surface area contributed by atoms with E-state index in [0.29, 0.717) is 0 Å². The molecule has 0 aliphatic carbocycles. The Balaban J connectivity index is 2.19. The zero-order valence-electron chi connectivity index (χ0n) is 8.88. The van der Waals surface area contributed by atoms with Crippen molar-refractivity contribution in [1.82, 2.24) is 0 Å². The van der Waals surface area contributed by atoms with Gasteiger partial charge < -0.3 is 0 Å². The number of rotatable bonds is 1. The predicted octanol–water partition coefficient (Wildman–Crippen LogP) is 3.09. The van der Waals surface area contributed by atoms with E-state index in [2.05, 4.69) is 65.3 Å². The molecule has 76 valence electrons. The van der Waals surface area contributed by atoms with Crippen LogP contribution in [0.3, 0.4) is 0 Å². The van der Waals surface area contributed by atoms with Crippen LogP contribution in [0.4, 0.5) is 0 Å². The summed E-state index contributed by atoms with van der Waals surface area (Å²) >= 11 is 0. The number of fused-ring (bicyclic) bond motifs is 1. The second-order valence-electron chi connectivity index (χ2n) is 3.82. The van der Waals surface area contributed by atoms with Crippen LogP contribution in [-0.2, 0) is 0 Å². The maximum absolute atomic E-state index is 2.16. The van der Waals surface area contributed by atoms with E-state index in [9.17, 15) is 0 Å². The fraction of sp³-hybridized carbons (Fsp3) is 0. The standard InChI is InChI=1S/C15H12N/c1-2-6-13(7-3-1)14-9-10-15-8-4-5-11-16(15)12-14/h1-12H/q+1. The molecule has 0 N–H and O–H groups in total. The van der Waals surface area contributed by atoms with Crippen molar-refractivity contribution in [3.8, 4) is 11.1 Å². The summed E-state index contributed by atoms with van der Waals surface area (Å²) in [5, 5.41) is 0. The maximum atomic E-state index is 2.16. The summed E-state index contributed by atoms with van der Waals surface area (Å²) in [6.07, 6.45) is 4.23. The van der Waals surface area contributed by atoms with Gasteiger partial charge >= 0.3 is 0 Å². The van der Waals surface area contributed by atoms with Gasteiger partial charge in [-0.25, -0.2) is 0 Å². The summed E-state index contributed by atoms with van der Waals surface area (Å²) in [4.78, 5) is 0. The Morgan fingerprint density at radius 3 is 2.31 bits per heavy atom. The number of hydrogen-bond donors (Lipinski definition) is 0. The average Bonchev–Trinajstić information content (AvgIpc) is 2.39. The number of nitrogens with zero attached hydrogens (tertiary/aromatic N) is 1. The number of benzene rings is 1. The van der Waals surface area contributed by atoms with E-state index in [-0.39, 0.29) is 0 Å². The topological polar surface area (TPSA) is 4.10 Å². The molecular weight excluding hydrogens is 194 g/mol. The molecule has 0 spiro atoms. The van der Waals surface area contributed by atoms with Crippen LogP contribution < -0.4 is 4.40 Å². The van der Waals surface area contributed by atoms with Crippen molar-refractivity contribution in [3.63, 3.8) is 0 Å². The summed E-state index contributed by atoms with van der Waals surface area (Å²) in [5.74, 6) is 0. The molecule has 0 fully saturated rings. The van der Waals surface area contributed by atoms with Crippen LogP contribution in [0.1, 0.15) is 0 Å². The van der Waals surface area contributed by atoms with E-state index in [0.717, 1.165) is 0 Å². The van der Waals surface area contributed by atoms with Crippen molar-refractivity contribution in [1.29, 1.82) is 0 Å². The molecule has 0 saturated carbocycles. The lowest BCUT2D eigenvalue weighted by Crippen LogP contribution is -2.19. The highest BCUT2D eigenvalue weighted by Crippen LogP contribution is 2.17. The van der Waals surface area contributed by atoms with Gasteiger partial charge in [0.05, 0.1) is 0 Å². The zero-order valence-corrected chi connectivity index (χ0v) is 8.88. The van der Waals surface area contributed by atoms with E-state index in [1.807, 2.05) is 12.1 Å². The Bertz CT molecular complexity index is 614. The van der Waals surface area contributed by atoms with E-state index >= 15 is 0 Å². The van der Waals surface area contributed by atoms with Gasteiger partial charge in [-0.15, -0.1) is 0 Å². The van der Waals surface area contributed by atoms with Crippen LogP contribution >= 0.6 is 0 Å². The van der Waals surface area contributed by atoms with Gasteiger partial charge in [0, 0.05) is 23.8 Å². The van der Waals surface area contributed by atoms with E-state index in [1.165, 1.54) is 16.6 Å². The Morgan fingerprint density at radius 2 is 1.44 bits per heavy atom. The molecule has 0 bridgehead atoms. The molecule has 1 aromatic carbocycles. The maximum Gasteiger partial charge on any atom is 0.210 e. The first kappa shape index (κ1) is 9.10. The molecular formula is C15H12N+. The van der Waals surface area contributed by atoms with Crippen LogP contribution in [0.2, 0.25) is 0 Å². The van der Waals surface area contributed by atoms with Crippen molar-refractivity contribution in [2.45, 2.75) is 0 Å². The molecule has 1 heteroatoms. The summed E-state index contributed by atoms with van der Waals surface area (Å²) in [7, 11) is 0. The van der Waals surface area contributed by atoms with Crippen molar-refractivity contribution in [2.24, 2.45) is 0 Å². The van der Waals surface area contributed by atoms with Gasteiger partial charge in [-0.3, -0.25) is 0 Å². The molecule has 16 heavy (non-hydrogen) atoms. The van der Waals surface area contributed by atoms with Crippen molar-refractivity contribution in [3.05, 3.63) is 73.1 Å². The molecule has 0 atom stereocenters. The van der Waals surface area contributed by atoms with E-state index in [4.69, 9.17) is 0 Å². The fourth-order valence-electron chi connectivity index (χ4n) is 1.90. The molecule has 1 nitrogen and oxygen atoms in total. The van der Waals surface area contributed by atoms with Crippen LogP contribution in [-0.4, -0.2) is 0 Å². The molecule has 3 aromatic rings. The van der Waals surface area contributed by atoms with Crippen LogP contribution in [0, 0.1) is 0 Å². The van der Waals surface area contributed by atoms with Crippen LogP contribution in [0.5, 0.6) is 0 Å². The lowest BCUT2D eigenvalue weighted by atomic mass is 10.1. The third kappa shape index (κ3) is 1.57. The molecule has 0 aliphatic rings. The Kier molecular flexibility index (Phi) is 2.15. The van der Waals surface area contributed by atoms with Gasteiger partial charge in [0.1, 0.15) is 0 Å². The average molecular weight is 206 g/mol. The number of pyridine rings is 2. The Hall–Kier alpha value is -2.15. The predicted molar refractivity (Wildman–Crippen MR) is 65.0 cm³/mol. The monoisotopic (exact) mass is 206 g/mol. The molecule has 2 aromatic heterocycles. The molecule has 0 aliphatic heterocycles. The van der Waals surface area contributed by atoms with Gasteiger partial charge in [-0.1, -0.05) is 30.3 Å². The first-order valence-electron chi connectivity index (χ1n) is 5.39. The minimum atomic E-state index is 1.21. The van der Waals surface area contributed by atoms with Crippen molar-refractivity contribution in [2.75, 3.05) is 0 Å². The van der Waals surface area contributed by atoms with Gasteiger partial charge in [-0.05, 0) is 17.7 Å². The SMILES string of the molecule is c1ccc(-c2ccc3cccc[n+]3c2)cc1. The number of hydrogen-bond acceptors (Lipinski definition) is 0. The molecule has 0 unspecified atom stereocenters. The van der Waals surface area contributed by atoms with Gasteiger partial charge in [0.2, 0.25) is 5.52 Å². The largest absolute Gasteiger partial charge is 0.210 e. The zero-order chi connectivity index (χ0) is 10.8. The Morgan fingerprint density at radius 1 is 0.625 bits per heavy atom. The smallest absolute Gasteiger partial charge is 0.167 e. The molecule has 3 rings (SSSR count). The Labute approximate surface area is 94.6 Å². The quantitative estimate of drug-likeness (QED) is 0.539. The highest BCUT2D eigenvalue weighted by molar-refractivity contribution is 5.62. The highest BCUT2D eigenvalue weighted by atomic mass is 14.8. The van der Waals surface area contributed by atoms with Gasteiger partial charge in [-0.2, -0.15) is 4.40 Å². The summed E-state index contributed by atoms with van der Waals surface area (Å²) in [5.41, 5.74) is 3.70. The lowest BCUT2D eigenvalue weighted by Gasteiger charge is -1.98. The molecule has 0 radical (unpaired) electrons. The summed E-state index contributed by atoms with van der Waals surface area (Å²) in [6, 6.07) is 20.9. The third-order valence-electron chi connectivity index (χ3n) is 2.74. The molecule has 0 saturated heterocycles. The second kappa shape index (κ2) is 3.78. The van der Waals surface area contributed by atoms with Crippen molar-refractivity contribution < 1.29 is 4.40 Å². The summed E-state index contributed by atoms with van der Waals surface area (Å²) in [6.45, 7) is 0. The normalized spacial score (nSPS) is 10.5. The van der Waals surface area contributed by atoms with E-state index < -0.39 is 0 Å². The third-order valence-corrected chi connectivity index (χ3v) is 2.74. The van der Waals surface area contributed by atoms with Crippen LogP contribution in [0.25, 0.3) is 16.6 Å². The first-order chi connectivity index (χ1) is 7.93. The highest BCUT2D eigenvalue weighted by Gasteiger charge is 2.04. The molecule has 0 amide bonds. The fourth-order valence-corrected chi connectivity index (χ4v) is 1.90. The first-order valence-corrected chi connectivity index (χ1v) is 5.39. The summed E-state index contributed by atoms with van der Waals surface area (Å²) < 4.78 is 2.14. The van der Waals surface area contributed by atoms with Gasteiger partial charge in [0.15, 0.2) is 12.4 Å². The molecule has 2 heterocycles.